The van der Waals surface area contributed by atoms with Gasteiger partial charge in [0, 0.05) is 0 Å². The van der Waals surface area contributed by atoms with Crippen molar-refractivity contribution in [2.45, 2.75) is 51.6 Å². The Balaban J connectivity index is 1.92. The number of carbonyl (C=O) groups excluding carboxylic acids is 1. The van der Waals surface area contributed by atoms with Gasteiger partial charge in [-0.25, -0.2) is 4.79 Å². The first-order valence-electron chi connectivity index (χ1n) is 8.59. The van der Waals surface area contributed by atoms with Crippen molar-refractivity contribution in [1.29, 1.82) is 0 Å². The van der Waals surface area contributed by atoms with Crippen molar-refractivity contribution in [3.8, 4) is 17.2 Å². The molecule has 0 aromatic heterocycles. The van der Waals surface area contributed by atoms with Crippen LogP contribution in [0.15, 0.2) is 12.1 Å². The molecule has 1 aliphatic heterocycles. The van der Waals surface area contributed by atoms with E-state index in [0.29, 0.717) is 25.1 Å². The molecule has 0 bridgehead atoms. The predicted molar refractivity (Wildman–Crippen MR) is 97.0 cm³/mol. The summed E-state index contributed by atoms with van der Waals surface area (Å²) in [4.78, 5) is 11.6. The lowest BCUT2D eigenvalue weighted by atomic mass is 9.83. The Morgan fingerprint density at radius 2 is 1.77 bits per heavy atom. The van der Waals surface area contributed by atoms with Gasteiger partial charge < -0.3 is 28.6 Å². The Morgan fingerprint density at radius 3 is 2.31 bits per heavy atom. The lowest BCUT2D eigenvalue weighted by molar-refractivity contribution is 0.00578. The minimum atomic E-state index is -0.645. The number of methoxy groups -OCH3 is 2. The fourth-order valence-electron chi connectivity index (χ4n) is 2.65. The Hall–Kier alpha value is -1.93. The molecule has 7 nitrogen and oxygen atoms in total. The van der Waals surface area contributed by atoms with Gasteiger partial charge in [-0.15, -0.1) is 0 Å². The minimum absolute atomic E-state index is 0.0221. The van der Waals surface area contributed by atoms with Crippen LogP contribution < -0.4 is 9.47 Å². The number of esters is 1. The van der Waals surface area contributed by atoms with Crippen molar-refractivity contribution in [3.05, 3.63) is 17.7 Å². The number of carbonyl (C=O) groups is 1. The van der Waals surface area contributed by atoms with E-state index < -0.39 is 5.97 Å². The quantitative estimate of drug-likeness (QED) is 0.451. The molecule has 8 heteroatoms. The standard InChI is InChI=1S/C18H27BO7/c1-17(2)18(3,4)26-19(25-17)10-7-11-24-13-9-8-12(16(21)23-6)14(20)15(13)22-5/h8-9,20H,7,10-11H2,1-6H3. The minimum Gasteiger partial charge on any atom is -0.504 e. The van der Waals surface area contributed by atoms with Crippen molar-refractivity contribution in [2.24, 2.45) is 0 Å². The van der Waals surface area contributed by atoms with E-state index in [1.54, 1.807) is 6.07 Å². The maximum absolute atomic E-state index is 11.6. The molecule has 1 aromatic carbocycles. The van der Waals surface area contributed by atoms with Gasteiger partial charge in [0.25, 0.3) is 0 Å². The van der Waals surface area contributed by atoms with Gasteiger partial charge in [-0.3, -0.25) is 0 Å². The van der Waals surface area contributed by atoms with Crippen molar-refractivity contribution in [1.82, 2.24) is 0 Å². The molecule has 0 saturated carbocycles. The smallest absolute Gasteiger partial charge is 0.457 e. The van der Waals surface area contributed by atoms with Gasteiger partial charge >= 0.3 is 13.1 Å². The van der Waals surface area contributed by atoms with Crippen LogP contribution in [-0.2, 0) is 14.0 Å². The second-order valence-electron chi connectivity index (χ2n) is 7.16. The van der Waals surface area contributed by atoms with E-state index in [1.807, 2.05) is 27.7 Å². The summed E-state index contributed by atoms with van der Waals surface area (Å²) in [6, 6.07) is 3.01. The first-order valence-corrected chi connectivity index (χ1v) is 8.59. The van der Waals surface area contributed by atoms with Gasteiger partial charge in [-0.05, 0) is 52.6 Å². The van der Waals surface area contributed by atoms with E-state index in [-0.39, 0.29) is 35.4 Å². The van der Waals surface area contributed by atoms with Gasteiger partial charge in [0.1, 0.15) is 5.56 Å². The molecule has 1 aromatic rings. The van der Waals surface area contributed by atoms with Crippen molar-refractivity contribution < 1.29 is 33.4 Å². The van der Waals surface area contributed by atoms with Crippen LogP contribution in [0, 0.1) is 0 Å². The number of rotatable bonds is 7. The van der Waals surface area contributed by atoms with Gasteiger partial charge in [-0.1, -0.05) is 0 Å². The molecule has 0 amide bonds. The highest BCUT2D eigenvalue weighted by Crippen LogP contribution is 2.40. The summed E-state index contributed by atoms with van der Waals surface area (Å²) < 4.78 is 27.4. The second-order valence-corrected chi connectivity index (χ2v) is 7.16. The van der Waals surface area contributed by atoms with Crippen LogP contribution in [0.4, 0.5) is 0 Å². The fraction of sp³-hybridized carbons (Fsp3) is 0.611. The molecular formula is C18H27BO7. The third-order valence-corrected chi connectivity index (χ3v) is 4.85. The third kappa shape index (κ3) is 4.07. The van der Waals surface area contributed by atoms with E-state index in [4.69, 9.17) is 18.8 Å². The van der Waals surface area contributed by atoms with Gasteiger partial charge in [0.2, 0.25) is 5.75 Å². The largest absolute Gasteiger partial charge is 0.504 e. The Kier molecular flexibility index (Phi) is 6.08. The van der Waals surface area contributed by atoms with Gasteiger partial charge in [0.15, 0.2) is 11.5 Å². The zero-order valence-electron chi connectivity index (χ0n) is 16.3. The van der Waals surface area contributed by atoms with E-state index in [1.165, 1.54) is 20.3 Å². The van der Waals surface area contributed by atoms with Crippen LogP contribution in [0.3, 0.4) is 0 Å². The normalized spacial score (nSPS) is 17.8. The molecule has 1 aliphatic rings. The van der Waals surface area contributed by atoms with Crippen LogP contribution in [0.5, 0.6) is 17.2 Å². The number of phenols is 1. The Morgan fingerprint density at radius 1 is 1.15 bits per heavy atom. The highest BCUT2D eigenvalue weighted by Gasteiger charge is 2.50. The average molecular weight is 366 g/mol. The Labute approximate surface area is 154 Å². The lowest BCUT2D eigenvalue weighted by Crippen LogP contribution is -2.41. The van der Waals surface area contributed by atoms with E-state index >= 15 is 0 Å². The molecular weight excluding hydrogens is 339 g/mol. The lowest BCUT2D eigenvalue weighted by Gasteiger charge is -2.32. The van der Waals surface area contributed by atoms with Crippen LogP contribution in [0.2, 0.25) is 6.32 Å². The van der Waals surface area contributed by atoms with Crippen LogP contribution in [-0.4, -0.2) is 50.2 Å². The SMILES string of the molecule is COC(=O)c1ccc(OCCCB2OC(C)(C)C(C)(C)O2)c(OC)c1O. The summed E-state index contributed by atoms with van der Waals surface area (Å²) in [6.07, 6.45) is 1.38. The number of ether oxygens (including phenoxy) is 3. The van der Waals surface area contributed by atoms with Crippen LogP contribution in [0.1, 0.15) is 44.5 Å². The fourth-order valence-corrected chi connectivity index (χ4v) is 2.65. The number of hydrogen-bond donors (Lipinski definition) is 1. The molecule has 0 aliphatic carbocycles. The van der Waals surface area contributed by atoms with Gasteiger partial charge in [0.05, 0.1) is 32.0 Å². The van der Waals surface area contributed by atoms with E-state index in [0.717, 1.165) is 0 Å². The molecule has 144 valence electrons. The Bertz CT molecular complexity index is 641. The first-order chi connectivity index (χ1) is 12.1. The van der Waals surface area contributed by atoms with Crippen molar-refractivity contribution >= 4 is 13.1 Å². The highest BCUT2D eigenvalue weighted by atomic mass is 16.7. The monoisotopic (exact) mass is 366 g/mol. The predicted octanol–water partition coefficient (Wildman–Crippen LogP) is 3.05. The molecule has 1 heterocycles. The van der Waals surface area contributed by atoms with Gasteiger partial charge in [-0.2, -0.15) is 0 Å². The summed E-state index contributed by atoms with van der Waals surface area (Å²) in [5, 5.41) is 10.2. The molecule has 2 rings (SSSR count). The maximum atomic E-state index is 11.6. The summed E-state index contributed by atoms with van der Waals surface area (Å²) in [7, 11) is 2.36. The molecule has 0 atom stereocenters. The molecule has 0 radical (unpaired) electrons. The van der Waals surface area contributed by atoms with E-state index in [2.05, 4.69) is 4.74 Å². The summed E-state index contributed by atoms with van der Waals surface area (Å²) in [6.45, 7) is 8.44. The van der Waals surface area contributed by atoms with Crippen molar-refractivity contribution in [2.75, 3.05) is 20.8 Å². The van der Waals surface area contributed by atoms with Crippen molar-refractivity contribution in [3.63, 3.8) is 0 Å². The summed E-state index contributed by atoms with van der Waals surface area (Å²) >= 11 is 0. The molecule has 26 heavy (non-hydrogen) atoms. The van der Waals surface area contributed by atoms with Crippen LogP contribution in [0.25, 0.3) is 0 Å². The van der Waals surface area contributed by atoms with E-state index in [9.17, 15) is 9.90 Å². The zero-order valence-corrected chi connectivity index (χ0v) is 16.3. The number of aromatic hydroxyl groups is 1. The first kappa shape index (κ1) is 20.4. The zero-order chi connectivity index (χ0) is 19.5. The average Bonchev–Trinajstić information content (AvgIpc) is 2.78. The highest BCUT2D eigenvalue weighted by molar-refractivity contribution is 6.45. The molecule has 0 spiro atoms. The topological polar surface area (TPSA) is 83.5 Å². The number of phenolic OH excluding ortho intramolecular Hbond substituents is 1. The maximum Gasteiger partial charge on any atom is 0.457 e. The summed E-state index contributed by atoms with van der Waals surface area (Å²) in [5.41, 5.74) is -0.678. The number of hydrogen-bond acceptors (Lipinski definition) is 7. The molecule has 1 fully saturated rings. The molecule has 0 unspecified atom stereocenters. The molecule has 1 N–H and O–H groups in total. The summed E-state index contributed by atoms with van der Waals surface area (Å²) in [5.74, 6) is -0.494. The third-order valence-electron chi connectivity index (χ3n) is 4.85. The number of benzene rings is 1. The van der Waals surface area contributed by atoms with Crippen LogP contribution >= 0.6 is 0 Å². The second kappa shape index (κ2) is 7.76. The molecule has 1 saturated heterocycles.